The smallest absolute Gasteiger partial charge is 0.319 e. The molecule has 0 saturated carbocycles. The first-order valence-electron chi connectivity index (χ1n) is 4.68. The largest absolute Gasteiger partial charge is 1.00 e. The van der Waals surface area contributed by atoms with Crippen LogP contribution in [0.1, 0.15) is 18.2 Å². The first-order valence-corrected chi connectivity index (χ1v) is 6.04. The third-order valence-corrected chi connectivity index (χ3v) is 1.92. The molecule has 0 aliphatic heterocycles. The Kier molecular flexibility index (Phi) is 8.98. The van der Waals surface area contributed by atoms with E-state index in [1.54, 1.807) is 24.0 Å². The molecule has 0 aromatic carbocycles. The third kappa shape index (κ3) is 9.43. The van der Waals surface area contributed by atoms with Gasteiger partial charge in [-0.1, -0.05) is 0 Å². The second kappa shape index (κ2) is 8.63. The molecule has 0 fully saturated rings. The van der Waals surface area contributed by atoms with Gasteiger partial charge in [0.05, 0.1) is 13.5 Å². The number of halogens is 1. The second-order valence-electron chi connectivity index (χ2n) is 3.37. The van der Waals surface area contributed by atoms with Crippen molar-refractivity contribution >= 4 is 22.3 Å². The Bertz CT molecular complexity index is 547. The monoisotopic (exact) mass is 375 g/mol. The van der Waals surface area contributed by atoms with Gasteiger partial charge in [0, 0.05) is 0 Å². The molecule has 1 aromatic heterocycles. The molecule has 20 heavy (non-hydrogen) atoms. The molecule has 0 radical (unpaired) electrons. The fourth-order valence-electron chi connectivity index (χ4n) is 1.24. The number of nitrogens with one attached hydrogen (secondary N) is 1. The molecule has 10 nitrogen and oxygen atoms in total. The van der Waals surface area contributed by atoms with Crippen molar-refractivity contribution in [2.24, 2.45) is 7.05 Å². The molecule has 1 heterocycles. The fraction of sp³-hybridized carbons (Fsp3) is 0.375. The number of carboxylic acid groups (broad SMARTS) is 2. The van der Waals surface area contributed by atoms with Crippen LogP contribution < -0.4 is 22.0 Å². The molecule has 0 amide bonds. The second-order valence-corrected chi connectivity index (χ2v) is 4.23. The molecule has 1 atom stereocenters. The average Bonchev–Trinajstić information content (AvgIpc) is 2.57. The highest BCUT2D eigenvalue weighted by atomic mass is 79.9. The lowest BCUT2D eigenvalue weighted by Gasteiger charge is -2.03. The Labute approximate surface area is 124 Å². The van der Waals surface area contributed by atoms with Crippen LogP contribution >= 0.6 is 0 Å². The van der Waals surface area contributed by atoms with E-state index in [0.29, 0.717) is 5.82 Å². The number of imidazole rings is 1. The summed E-state index contributed by atoms with van der Waals surface area (Å²) in [6, 6.07) is 0. The molecule has 0 aliphatic carbocycles. The summed E-state index contributed by atoms with van der Waals surface area (Å²) < 4.78 is 34.4. The topological polar surface area (TPSA) is 171 Å². The molecule has 0 bridgehead atoms. The molecular formula is C8H12BrN2O8S-. The first kappa shape index (κ1) is 20.8. The van der Waals surface area contributed by atoms with E-state index in [2.05, 4.69) is 4.98 Å². The maximum Gasteiger partial charge on any atom is 0.319 e. The van der Waals surface area contributed by atoms with Gasteiger partial charge < -0.3 is 31.7 Å². The zero-order valence-corrected chi connectivity index (χ0v) is 12.5. The van der Waals surface area contributed by atoms with Gasteiger partial charge in [-0.15, -0.1) is 0 Å². The summed E-state index contributed by atoms with van der Waals surface area (Å²) in [5.41, 5.74) is 0. The Morgan fingerprint density at radius 3 is 2.15 bits per heavy atom. The lowest BCUT2D eigenvalue weighted by Crippen LogP contribution is -3.00. The third-order valence-electron chi connectivity index (χ3n) is 1.92. The predicted molar refractivity (Wildman–Crippen MR) is 56.9 cm³/mol. The molecule has 1 aromatic rings. The zero-order valence-electron chi connectivity index (χ0n) is 10.1. The molecule has 0 saturated heterocycles. The van der Waals surface area contributed by atoms with Crippen LogP contribution in [0.5, 0.6) is 0 Å². The normalized spacial score (nSPS) is 11.6. The van der Waals surface area contributed by atoms with Gasteiger partial charge in [-0.05, 0) is 0 Å². The number of rotatable bonds is 4. The van der Waals surface area contributed by atoms with Crippen molar-refractivity contribution in [3.05, 3.63) is 18.2 Å². The van der Waals surface area contributed by atoms with Crippen molar-refractivity contribution in [2.45, 2.75) is 12.3 Å². The number of H-pyrrole nitrogens is 1. The van der Waals surface area contributed by atoms with Crippen LogP contribution in [0.25, 0.3) is 0 Å². The van der Waals surface area contributed by atoms with E-state index in [9.17, 15) is 9.59 Å². The van der Waals surface area contributed by atoms with Crippen LogP contribution in [0.4, 0.5) is 0 Å². The number of carbonyl (C=O) groups is 2. The summed E-state index contributed by atoms with van der Waals surface area (Å²) in [5, 5.41) is 17.4. The fourth-order valence-corrected chi connectivity index (χ4v) is 1.24. The van der Waals surface area contributed by atoms with E-state index in [4.69, 9.17) is 27.7 Å². The van der Waals surface area contributed by atoms with E-state index in [1.165, 1.54) is 0 Å². The molecule has 1 unspecified atom stereocenters. The highest BCUT2D eigenvalue weighted by Crippen LogP contribution is 2.15. The van der Waals surface area contributed by atoms with Gasteiger partial charge in [0.2, 0.25) is 10.4 Å². The van der Waals surface area contributed by atoms with Gasteiger partial charge in [-0.25, -0.2) is 18.0 Å². The minimum atomic E-state index is -4.92. The van der Waals surface area contributed by atoms with Gasteiger partial charge >= 0.3 is 11.9 Å². The maximum atomic E-state index is 10.8. The number of aromatic nitrogens is 2. The molecule has 0 spiro atoms. The summed E-state index contributed by atoms with van der Waals surface area (Å²) >= 11 is 0. The van der Waals surface area contributed by atoms with Crippen molar-refractivity contribution in [3.63, 3.8) is 0 Å². The minimum absolute atomic E-state index is 0. The maximum absolute atomic E-state index is 10.8. The molecular weight excluding hydrogens is 364 g/mol. The van der Waals surface area contributed by atoms with Crippen molar-refractivity contribution in [3.8, 4) is 0 Å². The summed E-state index contributed by atoms with van der Waals surface area (Å²) in [6.07, 6.45) is 2.77. The Balaban J connectivity index is 0. The predicted octanol–water partition coefficient (Wildman–Crippen LogP) is -4.51. The summed E-state index contributed by atoms with van der Waals surface area (Å²) in [7, 11) is -3.26. The van der Waals surface area contributed by atoms with Crippen LogP contribution in [0.3, 0.4) is 0 Å². The van der Waals surface area contributed by atoms with E-state index in [1.807, 2.05) is 0 Å². The number of aromatic amines is 1. The van der Waals surface area contributed by atoms with E-state index < -0.39 is 34.7 Å². The number of hydrogen-bond donors (Lipinski definition) is 3. The number of hydrogen-bond acceptors (Lipinski definition) is 5. The molecule has 1 rings (SSSR count). The first-order chi connectivity index (χ1) is 8.52. The van der Waals surface area contributed by atoms with Crippen molar-refractivity contribution in [1.82, 2.24) is 4.57 Å². The Morgan fingerprint density at radius 1 is 1.45 bits per heavy atom. The van der Waals surface area contributed by atoms with Gasteiger partial charge in [-0.2, -0.15) is 0 Å². The molecule has 4 N–H and O–H groups in total. The van der Waals surface area contributed by atoms with Gasteiger partial charge in [-0.3, -0.25) is 14.1 Å². The minimum Gasteiger partial charge on any atom is -1.00 e. The standard InChI is InChI=1S/C8H10N2O4.BrH.H2O4S/c1-10-3-2-9-7(10)5(8(13)14)4-6(11)12;;1-5(2,3)4/h2-3,5H,4H2,1H3,(H,11,12)(H,13,14);1H;(H2,1,2,3,4)/p-1. The lowest BCUT2D eigenvalue weighted by atomic mass is 10.1. The molecule has 116 valence electrons. The summed E-state index contributed by atoms with van der Waals surface area (Å²) in [4.78, 5) is 23.9. The van der Waals surface area contributed by atoms with E-state index in [0.717, 1.165) is 0 Å². The average molecular weight is 376 g/mol. The van der Waals surface area contributed by atoms with E-state index >= 15 is 0 Å². The quantitative estimate of drug-likeness (QED) is 0.348. The Morgan fingerprint density at radius 2 is 1.90 bits per heavy atom. The zero-order chi connectivity index (χ0) is 15.2. The molecule has 0 aliphatic rings. The van der Waals surface area contributed by atoms with Crippen molar-refractivity contribution in [2.75, 3.05) is 0 Å². The number of aryl methyl sites for hydroxylation is 1. The van der Waals surface area contributed by atoms with Crippen molar-refractivity contribution < 1.29 is 59.3 Å². The van der Waals surface area contributed by atoms with E-state index in [-0.39, 0.29) is 17.0 Å². The van der Waals surface area contributed by atoms with Crippen LogP contribution in [0, 0.1) is 0 Å². The lowest BCUT2D eigenvalue weighted by molar-refractivity contribution is -0.392. The van der Waals surface area contributed by atoms with Crippen LogP contribution in [-0.2, 0) is 27.0 Å². The Hall–Kier alpha value is -1.50. The number of nitrogens with zero attached hydrogens (tertiary/aromatic N) is 1. The number of carboxylic acids is 2. The van der Waals surface area contributed by atoms with Crippen molar-refractivity contribution in [1.29, 1.82) is 0 Å². The number of aliphatic carboxylic acids is 2. The van der Waals surface area contributed by atoms with Crippen LogP contribution in [0.15, 0.2) is 12.4 Å². The SMILES string of the molecule is Cn1cc[nH+]c1C(CC(=O)O)C(=O)O.O=S(=O)([O-])O.[Br-]. The van der Waals surface area contributed by atoms with Crippen LogP contribution in [-0.4, -0.2) is 44.2 Å². The van der Waals surface area contributed by atoms with Gasteiger partial charge in [0.1, 0.15) is 12.4 Å². The van der Waals surface area contributed by atoms with Gasteiger partial charge in [0.25, 0.3) is 5.82 Å². The summed E-state index contributed by atoms with van der Waals surface area (Å²) in [5.74, 6) is -2.94. The molecule has 12 heteroatoms. The highest BCUT2D eigenvalue weighted by molar-refractivity contribution is 7.79. The van der Waals surface area contributed by atoms with Crippen LogP contribution in [0.2, 0.25) is 0 Å². The summed E-state index contributed by atoms with van der Waals surface area (Å²) in [6.45, 7) is 0. The highest BCUT2D eigenvalue weighted by Gasteiger charge is 2.31. The van der Waals surface area contributed by atoms with Gasteiger partial charge in [0.15, 0.2) is 5.92 Å².